The van der Waals surface area contributed by atoms with Gasteiger partial charge in [0.15, 0.2) is 5.82 Å². The number of hydrogen-bond acceptors (Lipinski definition) is 6. The molecule has 0 radical (unpaired) electrons. The first kappa shape index (κ1) is 20.4. The minimum absolute atomic E-state index is 0.529. The maximum Gasteiger partial charge on any atom is 0.299 e. The van der Waals surface area contributed by atoms with Crippen molar-refractivity contribution in [2.45, 2.75) is 27.2 Å². The summed E-state index contributed by atoms with van der Waals surface area (Å²) in [5.74, 6) is 1.42. The van der Waals surface area contributed by atoms with Gasteiger partial charge in [-0.25, -0.2) is 4.98 Å². The van der Waals surface area contributed by atoms with E-state index in [0.717, 1.165) is 47.4 Å². The van der Waals surface area contributed by atoms with Crippen molar-refractivity contribution in [1.29, 1.82) is 0 Å². The summed E-state index contributed by atoms with van der Waals surface area (Å²) < 4.78 is 10.5. The molecule has 6 heteroatoms. The van der Waals surface area contributed by atoms with E-state index in [-0.39, 0.29) is 0 Å². The molecule has 0 aliphatic carbocycles. The first-order valence-electron chi connectivity index (χ1n) is 10.2. The quantitative estimate of drug-likeness (QED) is 0.388. The first-order chi connectivity index (χ1) is 14.5. The Morgan fingerprint density at radius 3 is 2.67 bits per heavy atom. The summed E-state index contributed by atoms with van der Waals surface area (Å²) in [4.78, 5) is 11.6. The van der Waals surface area contributed by atoms with Crippen LogP contribution in [-0.4, -0.2) is 39.4 Å². The Morgan fingerprint density at radius 1 is 1.00 bits per heavy atom. The molecule has 0 N–H and O–H groups in total. The molecular formula is C24H26N4OS. The third kappa shape index (κ3) is 4.50. The normalized spacial score (nSPS) is 11.4. The number of aromatic nitrogens is 3. The zero-order valence-corrected chi connectivity index (χ0v) is 18.7. The SMILES string of the molecule is CCN(C)CCc1cc(C)c(Oc2nc(-c3ccc4ccccc4n3)ns2)cc1C. The average Bonchev–Trinajstić information content (AvgIpc) is 3.23. The highest BCUT2D eigenvalue weighted by atomic mass is 32.1. The summed E-state index contributed by atoms with van der Waals surface area (Å²) in [6.07, 6.45) is 1.04. The van der Waals surface area contributed by atoms with Crippen LogP contribution in [0.15, 0.2) is 48.5 Å². The monoisotopic (exact) mass is 418 g/mol. The van der Waals surface area contributed by atoms with Gasteiger partial charge in [-0.3, -0.25) is 0 Å². The molecule has 0 fully saturated rings. The van der Waals surface area contributed by atoms with E-state index in [0.29, 0.717) is 11.0 Å². The highest BCUT2D eigenvalue weighted by Gasteiger charge is 2.13. The van der Waals surface area contributed by atoms with Gasteiger partial charge in [0, 0.05) is 23.5 Å². The zero-order valence-electron chi connectivity index (χ0n) is 17.8. The fourth-order valence-electron chi connectivity index (χ4n) is 3.34. The van der Waals surface area contributed by atoms with Crippen LogP contribution < -0.4 is 4.74 Å². The first-order valence-corrected chi connectivity index (χ1v) is 11.0. The van der Waals surface area contributed by atoms with Gasteiger partial charge >= 0.3 is 0 Å². The molecule has 5 nitrogen and oxygen atoms in total. The van der Waals surface area contributed by atoms with Gasteiger partial charge < -0.3 is 9.64 Å². The van der Waals surface area contributed by atoms with Crippen LogP contribution in [0.3, 0.4) is 0 Å². The highest BCUT2D eigenvalue weighted by Crippen LogP contribution is 2.31. The second kappa shape index (κ2) is 8.90. The Labute approximate surface area is 181 Å². The molecule has 154 valence electrons. The van der Waals surface area contributed by atoms with Crippen LogP contribution in [0, 0.1) is 13.8 Å². The van der Waals surface area contributed by atoms with E-state index in [1.165, 1.54) is 22.7 Å². The number of ether oxygens (including phenoxy) is 1. The number of rotatable bonds is 7. The predicted octanol–water partition coefficient (Wildman–Crippen LogP) is 5.66. The molecule has 2 aromatic heterocycles. The smallest absolute Gasteiger partial charge is 0.299 e. The third-order valence-corrected chi connectivity index (χ3v) is 5.96. The molecule has 0 unspecified atom stereocenters. The number of benzene rings is 2. The van der Waals surface area contributed by atoms with Crippen molar-refractivity contribution in [1.82, 2.24) is 19.2 Å². The zero-order chi connectivity index (χ0) is 21.1. The predicted molar refractivity (Wildman–Crippen MR) is 124 cm³/mol. The molecule has 0 aliphatic rings. The Morgan fingerprint density at radius 2 is 1.83 bits per heavy atom. The van der Waals surface area contributed by atoms with Gasteiger partial charge in [-0.1, -0.05) is 37.3 Å². The van der Waals surface area contributed by atoms with Crippen molar-refractivity contribution < 1.29 is 4.74 Å². The maximum atomic E-state index is 6.09. The topological polar surface area (TPSA) is 51.1 Å². The van der Waals surface area contributed by atoms with Gasteiger partial charge in [-0.15, -0.1) is 0 Å². The van der Waals surface area contributed by atoms with E-state index in [2.05, 4.69) is 59.2 Å². The Bertz CT molecular complexity index is 1170. The summed E-state index contributed by atoms with van der Waals surface area (Å²) in [6, 6.07) is 16.4. The molecule has 0 saturated heterocycles. The molecule has 0 aliphatic heterocycles. The molecule has 0 saturated carbocycles. The van der Waals surface area contributed by atoms with E-state index in [1.54, 1.807) is 0 Å². The second-order valence-electron chi connectivity index (χ2n) is 7.57. The van der Waals surface area contributed by atoms with Crippen molar-refractivity contribution in [2.75, 3.05) is 20.1 Å². The van der Waals surface area contributed by atoms with Crippen molar-refractivity contribution in [3.63, 3.8) is 0 Å². The van der Waals surface area contributed by atoms with Crippen LogP contribution >= 0.6 is 11.5 Å². The van der Waals surface area contributed by atoms with Crippen LogP contribution in [0.1, 0.15) is 23.6 Å². The summed E-state index contributed by atoms with van der Waals surface area (Å²) in [5.41, 5.74) is 5.39. The standard InChI is InChI=1S/C24H26N4OS/c1-5-28(4)13-12-19-14-17(3)22(15-16(19)2)29-24-26-23(27-30-24)21-11-10-18-8-6-7-9-20(18)25-21/h6-11,14-15H,5,12-13H2,1-4H3. The van der Waals surface area contributed by atoms with Crippen LogP contribution in [-0.2, 0) is 6.42 Å². The fourth-order valence-corrected chi connectivity index (χ4v) is 3.89. The summed E-state index contributed by atoms with van der Waals surface area (Å²) in [7, 11) is 2.15. The van der Waals surface area contributed by atoms with Crippen molar-refractivity contribution in [3.8, 4) is 22.5 Å². The van der Waals surface area contributed by atoms with Gasteiger partial charge in [-0.05, 0) is 68.8 Å². The van der Waals surface area contributed by atoms with Gasteiger partial charge in [0.25, 0.3) is 5.19 Å². The lowest BCUT2D eigenvalue weighted by atomic mass is 10.0. The third-order valence-electron chi connectivity index (χ3n) is 5.37. The van der Waals surface area contributed by atoms with Crippen molar-refractivity contribution in [2.24, 2.45) is 0 Å². The Balaban J connectivity index is 1.52. The van der Waals surface area contributed by atoms with Crippen LogP contribution in [0.25, 0.3) is 22.4 Å². The van der Waals surface area contributed by atoms with Gasteiger partial charge in [0.1, 0.15) is 11.4 Å². The lowest BCUT2D eigenvalue weighted by Crippen LogP contribution is -2.20. The molecule has 0 spiro atoms. The molecule has 30 heavy (non-hydrogen) atoms. The van der Waals surface area contributed by atoms with E-state index >= 15 is 0 Å². The lowest BCUT2D eigenvalue weighted by molar-refractivity contribution is 0.357. The van der Waals surface area contributed by atoms with E-state index < -0.39 is 0 Å². The lowest BCUT2D eigenvalue weighted by Gasteiger charge is -2.16. The molecule has 4 rings (SSSR count). The number of fused-ring (bicyclic) bond motifs is 1. The number of nitrogens with zero attached hydrogens (tertiary/aromatic N) is 4. The van der Waals surface area contributed by atoms with E-state index in [1.807, 2.05) is 36.4 Å². The molecule has 0 amide bonds. The van der Waals surface area contributed by atoms with Gasteiger partial charge in [0.05, 0.1) is 5.52 Å². The number of aryl methyl sites for hydroxylation is 2. The number of likely N-dealkylation sites (N-methyl/N-ethyl adjacent to an activating group) is 1. The van der Waals surface area contributed by atoms with Gasteiger partial charge in [0.2, 0.25) is 0 Å². The maximum absolute atomic E-state index is 6.09. The minimum Gasteiger partial charge on any atom is -0.430 e. The molecule has 0 atom stereocenters. The van der Waals surface area contributed by atoms with Crippen LogP contribution in [0.2, 0.25) is 0 Å². The molecule has 4 aromatic rings. The van der Waals surface area contributed by atoms with Gasteiger partial charge in [-0.2, -0.15) is 9.36 Å². The average molecular weight is 419 g/mol. The van der Waals surface area contributed by atoms with E-state index in [4.69, 9.17) is 4.74 Å². The molecular weight excluding hydrogens is 392 g/mol. The number of para-hydroxylation sites is 1. The summed E-state index contributed by atoms with van der Waals surface area (Å²) >= 11 is 1.25. The van der Waals surface area contributed by atoms with Crippen molar-refractivity contribution >= 4 is 22.4 Å². The summed E-state index contributed by atoms with van der Waals surface area (Å²) in [5, 5.41) is 1.63. The Kier molecular flexibility index (Phi) is 6.06. The van der Waals surface area contributed by atoms with Crippen LogP contribution in [0.4, 0.5) is 0 Å². The number of hydrogen-bond donors (Lipinski definition) is 0. The minimum atomic E-state index is 0.529. The molecule has 2 heterocycles. The molecule has 0 bridgehead atoms. The van der Waals surface area contributed by atoms with E-state index in [9.17, 15) is 0 Å². The largest absolute Gasteiger partial charge is 0.430 e. The fraction of sp³-hybridized carbons (Fsp3) is 0.292. The molecule has 2 aromatic carbocycles. The highest BCUT2D eigenvalue weighted by molar-refractivity contribution is 7.07. The second-order valence-corrected chi connectivity index (χ2v) is 8.28. The summed E-state index contributed by atoms with van der Waals surface area (Å²) in [6.45, 7) is 8.51. The van der Waals surface area contributed by atoms with Crippen LogP contribution in [0.5, 0.6) is 10.9 Å². The Hall–Kier alpha value is -2.83. The number of pyridine rings is 1. The van der Waals surface area contributed by atoms with Crippen molar-refractivity contribution in [3.05, 3.63) is 65.2 Å².